The van der Waals surface area contributed by atoms with Crippen LogP contribution in [0.4, 0.5) is 0 Å². The SMILES string of the molecule is CCNC(=O)C1CNCCN1C(=O)c1cc(C)c(Br)s1. The third-order valence-electron chi connectivity index (χ3n) is 3.23. The highest BCUT2D eigenvalue weighted by Crippen LogP contribution is 2.28. The molecule has 0 radical (unpaired) electrons. The number of aryl methyl sites for hydroxylation is 1. The van der Waals surface area contributed by atoms with Gasteiger partial charge in [0.2, 0.25) is 5.91 Å². The molecule has 1 aliphatic rings. The van der Waals surface area contributed by atoms with Gasteiger partial charge in [0.25, 0.3) is 5.91 Å². The second-order valence-electron chi connectivity index (χ2n) is 4.68. The normalized spacial score (nSPS) is 18.9. The van der Waals surface area contributed by atoms with Crippen molar-refractivity contribution >= 4 is 39.1 Å². The number of hydrogen-bond acceptors (Lipinski definition) is 4. The molecule has 0 aliphatic carbocycles. The van der Waals surface area contributed by atoms with Crippen LogP contribution < -0.4 is 10.6 Å². The predicted molar refractivity (Wildman–Crippen MR) is 83.1 cm³/mol. The maximum atomic E-state index is 12.6. The van der Waals surface area contributed by atoms with Crippen LogP contribution in [0, 0.1) is 6.92 Å². The molecule has 1 saturated heterocycles. The highest BCUT2D eigenvalue weighted by molar-refractivity contribution is 9.11. The van der Waals surface area contributed by atoms with E-state index in [2.05, 4.69) is 26.6 Å². The van der Waals surface area contributed by atoms with Crippen molar-refractivity contribution in [2.75, 3.05) is 26.2 Å². The predicted octanol–water partition coefficient (Wildman–Crippen LogP) is 1.37. The number of carbonyl (C=O) groups is 2. The van der Waals surface area contributed by atoms with Crippen molar-refractivity contribution in [2.24, 2.45) is 0 Å². The number of carbonyl (C=O) groups excluding carboxylic acids is 2. The maximum absolute atomic E-state index is 12.6. The number of rotatable bonds is 3. The third kappa shape index (κ3) is 3.21. The van der Waals surface area contributed by atoms with Crippen molar-refractivity contribution in [1.82, 2.24) is 15.5 Å². The second kappa shape index (κ2) is 6.69. The van der Waals surface area contributed by atoms with Crippen molar-refractivity contribution in [1.29, 1.82) is 0 Å². The van der Waals surface area contributed by atoms with Crippen LogP contribution in [0.15, 0.2) is 9.85 Å². The molecule has 20 heavy (non-hydrogen) atoms. The van der Waals surface area contributed by atoms with Gasteiger partial charge in [-0.2, -0.15) is 0 Å². The Balaban J connectivity index is 2.19. The number of nitrogens with zero attached hydrogens (tertiary/aromatic N) is 1. The number of likely N-dealkylation sites (N-methyl/N-ethyl adjacent to an activating group) is 1. The molecule has 5 nitrogen and oxygen atoms in total. The lowest BCUT2D eigenvalue weighted by molar-refractivity contribution is -0.126. The van der Waals surface area contributed by atoms with E-state index in [9.17, 15) is 9.59 Å². The van der Waals surface area contributed by atoms with Crippen molar-refractivity contribution in [2.45, 2.75) is 19.9 Å². The fourth-order valence-corrected chi connectivity index (χ4v) is 3.67. The van der Waals surface area contributed by atoms with Crippen LogP contribution >= 0.6 is 27.3 Å². The molecule has 1 fully saturated rings. The van der Waals surface area contributed by atoms with E-state index < -0.39 is 6.04 Å². The van der Waals surface area contributed by atoms with Gasteiger partial charge in [0.05, 0.1) is 8.66 Å². The summed E-state index contributed by atoms with van der Waals surface area (Å²) >= 11 is 4.85. The van der Waals surface area contributed by atoms with E-state index in [0.717, 1.165) is 9.35 Å². The van der Waals surface area contributed by atoms with E-state index in [0.29, 0.717) is 31.1 Å². The van der Waals surface area contributed by atoms with E-state index >= 15 is 0 Å². The highest BCUT2D eigenvalue weighted by Gasteiger charge is 2.33. The number of nitrogens with one attached hydrogen (secondary N) is 2. The van der Waals surface area contributed by atoms with E-state index in [1.807, 2.05) is 19.9 Å². The van der Waals surface area contributed by atoms with Crippen molar-refractivity contribution in [3.05, 3.63) is 20.3 Å². The molecule has 1 aromatic heterocycles. The topological polar surface area (TPSA) is 61.4 Å². The number of halogens is 1. The van der Waals surface area contributed by atoms with Crippen molar-refractivity contribution in [3.8, 4) is 0 Å². The number of piperazine rings is 1. The van der Waals surface area contributed by atoms with Gasteiger partial charge in [-0.15, -0.1) is 11.3 Å². The summed E-state index contributed by atoms with van der Waals surface area (Å²) in [5.74, 6) is -0.165. The summed E-state index contributed by atoms with van der Waals surface area (Å²) in [6, 6.07) is 1.44. The monoisotopic (exact) mass is 359 g/mol. The standard InChI is InChI=1S/C13H18BrN3O2S/c1-3-16-12(18)9-7-15-4-5-17(9)13(19)10-6-8(2)11(14)20-10/h6,9,15H,3-5,7H2,1-2H3,(H,16,18). The summed E-state index contributed by atoms with van der Waals surface area (Å²) in [6.45, 7) is 6.17. The Morgan fingerprint density at radius 3 is 2.95 bits per heavy atom. The molecule has 110 valence electrons. The van der Waals surface area contributed by atoms with E-state index in [1.165, 1.54) is 11.3 Å². The van der Waals surface area contributed by atoms with Crippen LogP contribution in [-0.2, 0) is 4.79 Å². The molecule has 0 saturated carbocycles. The number of thiophene rings is 1. The average molecular weight is 360 g/mol. The molecule has 1 unspecified atom stereocenters. The first-order chi connectivity index (χ1) is 9.54. The molecular formula is C13H18BrN3O2S. The second-order valence-corrected chi connectivity index (χ2v) is 7.05. The quantitative estimate of drug-likeness (QED) is 0.856. The van der Waals surface area contributed by atoms with Crippen LogP contribution in [0.5, 0.6) is 0 Å². The molecule has 2 amide bonds. The Labute approximate surface area is 130 Å². The molecule has 2 N–H and O–H groups in total. The van der Waals surface area contributed by atoms with Crippen molar-refractivity contribution in [3.63, 3.8) is 0 Å². The molecule has 1 aliphatic heterocycles. The van der Waals surface area contributed by atoms with Gasteiger partial charge in [-0.3, -0.25) is 9.59 Å². The Morgan fingerprint density at radius 1 is 1.60 bits per heavy atom. The molecular weight excluding hydrogens is 342 g/mol. The molecule has 1 aromatic rings. The highest BCUT2D eigenvalue weighted by atomic mass is 79.9. The van der Waals surface area contributed by atoms with Crippen molar-refractivity contribution < 1.29 is 9.59 Å². The molecule has 0 bridgehead atoms. The average Bonchev–Trinajstić information content (AvgIpc) is 2.78. The maximum Gasteiger partial charge on any atom is 0.264 e. The lowest BCUT2D eigenvalue weighted by Gasteiger charge is -2.34. The van der Waals surface area contributed by atoms with Crippen LogP contribution in [0.2, 0.25) is 0 Å². The zero-order chi connectivity index (χ0) is 14.7. The van der Waals surface area contributed by atoms with Crippen LogP contribution in [0.25, 0.3) is 0 Å². The molecule has 0 aromatic carbocycles. The first-order valence-electron chi connectivity index (χ1n) is 6.60. The summed E-state index contributed by atoms with van der Waals surface area (Å²) in [7, 11) is 0. The lowest BCUT2D eigenvalue weighted by atomic mass is 10.1. The minimum absolute atomic E-state index is 0.0680. The van der Waals surface area contributed by atoms with E-state index in [1.54, 1.807) is 4.90 Å². The van der Waals surface area contributed by atoms with Gasteiger partial charge in [-0.25, -0.2) is 0 Å². The first kappa shape index (κ1) is 15.5. The summed E-state index contributed by atoms with van der Waals surface area (Å²) in [5.41, 5.74) is 1.04. The molecule has 2 heterocycles. The molecule has 2 rings (SSSR count). The summed E-state index contributed by atoms with van der Waals surface area (Å²) in [5, 5.41) is 5.96. The Kier molecular flexibility index (Phi) is 5.17. The summed E-state index contributed by atoms with van der Waals surface area (Å²) < 4.78 is 0.963. The van der Waals surface area contributed by atoms with E-state index in [-0.39, 0.29) is 11.8 Å². The minimum atomic E-state index is -0.433. The zero-order valence-corrected chi connectivity index (χ0v) is 13.9. The van der Waals surface area contributed by atoms with Crippen LogP contribution in [0.1, 0.15) is 22.2 Å². The minimum Gasteiger partial charge on any atom is -0.355 e. The fraction of sp³-hybridized carbons (Fsp3) is 0.538. The van der Waals surface area contributed by atoms with Crippen LogP contribution in [0.3, 0.4) is 0 Å². The zero-order valence-electron chi connectivity index (χ0n) is 11.5. The van der Waals surface area contributed by atoms with Gasteiger partial charge in [0, 0.05) is 26.2 Å². The first-order valence-corrected chi connectivity index (χ1v) is 8.21. The smallest absolute Gasteiger partial charge is 0.264 e. The number of amides is 2. The Morgan fingerprint density at radius 2 is 2.35 bits per heavy atom. The summed E-state index contributed by atoms with van der Waals surface area (Å²) in [4.78, 5) is 27.0. The van der Waals surface area contributed by atoms with E-state index in [4.69, 9.17) is 0 Å². The van der Waals surface area contributed by atoms with Gasteiger partial charge >= 0.3 is 0 Å². The lowest BCUT2D eigenvalue weighted by Crippen LogP contribution is -2.59. The largest absolute Gasteiger partial charge is 0.355 e. The van der Waals surface area contributed by atoms with Gasteiger partial charge in [-0.1, -0.05) is 0 Å². The molecule has 7 heteroatoms. The van der Waals surface area contributed by atoms with Gasteiger partial charge in [-0.05, 0) is 41.4 Å². The fourth-order valence-electron chi connectivity index (χ4n) is 2.18. The Bertz CT molecular complexity index is 498. The third-order valence-corrected chi connectivity index (χ3v) is 5.35. The molecule has 1 atom stereocenters. The van der Waals surface area contributed by atoms with Gasteiger partial charge in [0.15, 0.2) is 0 Å². The Hall–Kier alpha value is -0.920. The molecule has 0 spiro atoms. The van der Waals surface area contributed by atoms with Crippen LogP contribution in [-0.4, -0.2) is 48.9 Å². The van der Waals surface area contributed by atoms with Gasteiger partial charge < -0.3 is 15.5 Å². The number of hydrogen-bond donors (Lipinski definition) is 2. The summed E-state index contributed by atoms with van der Waals surface area (Å²) in [6.07, 6.45) is 0. The van der Waals surface area contributed by atoms with Gasteiger partial charge in [0.1, 0.15) is 6.04 Å².